The van der Waals surface area contributed by atoms with Gasteiger partial charge in [-0.1, -0.05) is 6.08 Å². The number of carbonyl (C=O) groups excluding carboxylic acids is 2. The number of ketones is 1. The molecule has 106 valence electrons. The summed E-state index contributed by atoms with van der Waals surface area (Å²) >= 11 is 0. The number of esters is 1. The van der Waals surface area contributed by atoms with Crippen LogP contribution in [-0.4, -0.2) is 36.1 Å². The molecule has 0 radical (unpaired) electrons. The van der Waals surface area contributed by atoms with E-state index in [-0.39, 0.29) is 37.2 Å². The van der Waals surface area contributed by atoms with Gasteiger partial charge in [0.2, 0.25) is 0 Å². The molecule has 2 atom stereocenters. The normalized spacial score (nSPS) is 20.3. The molecule has 1 aliphatic rings. The summed E-state index contributed by atoms with van der Waals surface area (Å²) in [7, 11) is 0. The molecule has 0 aliphatic heterocycles. The van der Waals surface area contributed by atoms with E-state index in [1.807, 2.05) is 0 Å². The van der Waals surface area contributed by atoms with E-state index in [2.05, 4.69) is 0 Å². The monoisotopic (exact) mass is 268 g/mol. The highest BCUT2D eigenvalue weighted by molar-refractivity contribution is 5.98. The fourth-order valence-electron chi connectivity index (χ4n) is 1.82. The van der Waals surface area contributed by atoms with Gasteiger partial charge in [0.25, 0.3) is 0 Å². The van der Waals surface area contributed by atoms with Crippen molar-refractivity contribution < 1.29 is 19.4 Å². The summed E-state index contributed by atoms with van der Waals surface area (Å²) in [5, 5.41) is 9.76. The fraction of sp³-hybridized carbons (Fsp3) is 0.538. The lowest BCUT2D eigenvalue weighted by Gasteiger charge is -2.19. The maximum Gasteiger partial charge on any atom is 0.316 e. The molecule has 6 heteroatoms. The molecule has 0 saturated carbocycles. The van der Waals surface area contributed by atoms with Crippen LogP contribution in [0.5, 0.6) is 0 Å². The van der Waals surface area contributed by atoms with E-state index in [0.717, 1.165) is 0 Å². The third kappa shape index (κ3) is 4.50. The van der Waals surface area contributed by atoms with Crippen LogP contribution in [0.15, 0.2) is 23.5 Å². The van der Waals surface area contributed by atoms with Crippen molar-refractivity contribution in [1.82, 2.24) is 0 Å². The smallest absolute Gasteiger partial charge is 0.316 e. The van der Waals surface area contributed by atoms with Crippen LogP contribution in [0.25, 0.3) is 0 Å². The molecule has 0 fully saturated rings. The van der Waals surface area contributed by atoms with Crippen molar-refractivity contribution in [2.24, 2.45) is 17.4 Å². The van der Waals surface area contributed by atoms with Crippen molar-refractivity contribution in [3.05, 3.63) is 23.5 Å². The van der Waals surface area contributed by atoms with E-state index >= 15 is 0 Å². The zero-order valence-corrected chi connectivity index (χ0v) is 11.0. The Morgan fingerprint density at radius 1 is 1.58 bits per heavy atom. The number of aliphatic hydroxyl groups is 1. The van der Waals surface area contributed by atoms with Crippen molar-refractivity contribution >= 4 is 11.8 Å². The number of nitrogens with two attached hydrogens (primary N) is 2. The maximum atomic E-state index is 11.7. The van der Waals surface area contributed by atoms with Gasteiger partial charge in [0, 0.05) is 12.6 Å². The number of carbonyl (C=O) groups is 2. The van der Waals surface area contributed by atoms with Gasteiger partial charge < -0.3 is 21.3 Å². The predicted octanol–water partition coefficient (Wildman–Crippen LogP) is 0.183. The topological polar surface area (TPSA) is 116 Å². The molecule has 1 rings (SSSR count). The number of ether oxygens (including phenoxy) is 1. The largest absolute Gasteiger partial charge is 0.508 e. The molecule has 0 saturated heterocycles. The first-order chi connectivity index (χ1) is 8.95. The summed E-state index contributed by atoms with van der Waals surface area (Å²) in [5.41, 5.74) is 11.4. The Morgan fingerprint density at radius 2 is 2.26 bits per heavy atom. The number of hydrogen-bond acceptors (Lipinski definition) is 6. The Hall–Kier alpha value is -1.66. The SMILES string of the molecule is CC(=O)C(CC1=CCC(N)C=C1O)C(=O)OCCN. The summed E-state index contributed by atoms with van der Waals surface area (Å²) in [4.78, 5) is 23.2. The van der Waals surface area contributed by atoms with Gasteiger partial charge in [0.15, 0.2) is 0 Å². The highest BCUT2D eigenvalue weighted by atomic mass is 16.5. The molecular weight excluding hydrogens is 248 g/mol. The first-order valence-corrected chi connectivity index (χ1v) is 6.18. The minimum absolute atomic E-state index is 0.0247. The van der Waals surface area contributed by atoms with Crippen LogP contribution in [0.4, 0.5) is 0 Å². The molecule has 2 unspecified atom stereocenters. The van der Waals surface area contributed by atoms with Gasteiger partial charge in [-0.15, -0.1) is 0 Å². The second-order valence-electron chi connectivity index (χ2n) is 4.50. The lowest BCUT2D eigenvalue weighted by molar-refractivity contribution is -0.151. The van der Waals surface area contributed by atoms with Crippen molar-refractivity contribution in [2.45, 2.75) is 25.8 Å². The summed E-state index contributed by atoms with van der Waals surface area (Å²) in [6, 6.07) is -0.233. The third-order valence-electron chi connectivity index (χ3n) is 2.90. The molecule has 19 heavy (non-hydrogen) atoms. The predicted molar refractivity (Wildman–Crippen MR) is 70.2 cm³/mol. The van der Waals surface area contributed by atoms with Gasteiger partial charge in [0.05, 0.1) is 0 Å². The summed E-state index contributed by atoms with van der Waals surface area (Å²) in [6.07, 6.45) is 3.94. The number of Topliss-reactive ketones (excluding diaryl/α,β-unsaturated/α-hetero) is 1. The van der Waals surface area contributed by atoms with Gasteiger partial charge >= 0.3 is 5.97 Å². The standard InChI is InChI=1S/C13H20N2O4/c1-8(16)11(13(18)19-5-4-14)6-9-2-3-10(15)7-12(9)17/h2,7,10-11,17H,3-6,14-15H2,1H3. The molecule has 5 N–H and O–H groups in total. The molecule has 0 aromatic carbocycles. The molecular formula is C13H20N2O4. The summed E-state index contributed by atoms with van der Waals surface area (Å²) in [6.45, 7) is 1.61. The van der Waals surface area contributed by atoms with Crippen molar-refractivity contribution in [3.63, 3.8) is 0 Å². The zero-order valence-electron chi connectivity index (χ0n) is 11.0. The Bertz CT molecular complexity index is 415. The van der Waals surface area contributed by atoms with Crippen molar-refractivity contribution in [2.75, 3.05) is 13.2 Å². The third-order valence-corrected chi connectivity index (χ3v) is 2.90. The number of aliphatic hydroxyl groups excluding tert-OH is 1. The Morgan fingerprint density at radius 3 is 2.79 bits per heavy atom. The van der Waals surface area contributed by atoms with Crippen LogP contribution in [0, 0.1) is 5.92 Å². The first-order valence-electron chi connectivity index (χ1n) is 6.18. The minimum Gasteiger partial charge on any atom is -0.508 e. The van der Waals surface area contributed by atoms with E-state index in [0.29, 0.717) is 12.0 Å². The molecule has 6 nitrogen and oxygen atoms in total. The van der Waals surface area contributed by atoms with Crippen LogP contribution in [0.2, 0.25) is 0 Å². The molecule has 0 spiro atoms. The van der Waals surface area contributed by atoms with Crippen molar-refractivity contribution in [3.8, 4) is 0 Å². The van der Waals surface area contributed by atoms with Crippen molar-refractivity contribution in [1.29, 1.82) is 0 Å². The molecule has 1 aliphatic carbocycles. The number of hydrogen-bond donors (Lipinski definition) is 3. The Balaban J connectivity index is 2.72. The molecule has 0 amide bonds. The average molecular weight is 268 g/mol. The van der Waals surface area contributed by atoms with Crippen LogP contribution in [0.1, 0.15) is 19.8 Å². The van der Waals surface area contributed by atoms with Crippen LogP contribution in [0.3, 0.4) is 0 Å². The zero-order chi connectivity index (χ0) is 14.4. The van der Waals surface area contributed by atoms with Gasteiger partial charge in [-0.05, 0) is 31.4 Å². The second kappa shape index (κ2) is 7.06. The minimum atomic E-state index is -0.914. The lowest BCUT2D eigenvalue weighted by atomic mass is 9.91. The van der Waals surface area contributed by atoms with Gasteiger partial charge in [0.1, 0.15) is 24.1 Å². The Labute approximate surface area is 112 Å². The van der Waals surface area contributed by atoms with E-state index in [4.69, 9.17) is 16.2 Å². The van der Waals surface area contributed by atoms with Crippen LogP contribution >= 0.6 is 0 Å². The average Bonchev–Trinajstić information content (AvgIpc) is 2.34. The van der Waals surface area contributed by atoms with E-state index in [1.54, 1.807) is 6.08 Å². The van der Waals surface area contributed by atoms with E-state index in [1.165, 1.54) is 13.0 Å². The number of rotatable bonds is 6. The van der Waals surface area contributed by atoms with Crippen LogP contribution in [-0.2, 0) is 14.3 Å². The van der Waals surface area contributed by atoms with Gasteiger partial charge in [-0.3, -0.25) is 9.59 Å². The molecule has 0 aromatic rings. The lowest BCUT2D eigenvalue weighted by Crippen LogP contribution is -2.28. The van der Waals surface area contributed by atoms with Gasteiger partial charge in [-0.25, -0.2) is 0 Å². The molecule has 0 heterocycles. The first kappa shape index (κ1) is 15.4. The fourth-order valence-corrected chi connectivity index (χ4v) is 1.82. The van der Waals surface area contributed by atoms with Crippen LogP contribution < -0.4 is 11.5 Å². The van der Waals surface area contributed by atoms with E-state index < -0.39 is 11.9 Å². The molecule has 0 aromatic heterocycles. The van der Waals surface area contributed by atoms with E-state index in [9.17, 15) is 14.7 Å². The summed E-state index contributed by atoms with van der Waals surface area (Å²) in [5.74, 6) is -1.80. The van der Waals surface area contributed by atoms with Gasteiger partial charge in [-0.2, -0.15) is 0 Å². The number of allylic oxidation sites excluding steroid dienone is 1. The Kier molecular flexibility index (Phi) is 5.72. The molecule has 0 bridgehead atoms. The quantitative estimate of drug-likeness (QED) is 0.467. The highest BCUT2D eigenvalue weighted by Gasteiger charge is 2.28. The second-order valence-corrected chi connectivity index (χ2v) is 4.50. The highest BCUT2D eigenvalue weighted by Crippen LogP contribution is 2.24. The maximum absolute atomic E-state index is 11.7. The summed E-state index contributed by atoms with van der Waals surface area (Å²) < 4.78 is 4.87.